The Balaban J connectivity index is 1.21. The van der Waals surface area contributed by atoms with Crippen molar-refractivity contribution in [3.8, 4) is 0 Å². The van der Waals surface area contributed by atoms with Gasteiger partial charge in [-0.2, -0.15) is 0 Å². The number of fused-ring (bicyclic) bond motifs is 1. The first kappa shape index (κ1) is 25.6. The molecule has 1 N–H and O–H groups in total. The summed E-state index contributed by atoms with van der Waals surface area (Å²) in [6, 6.07) is 19.0. The van der Waals surface area contributed by atoms with E-state index in [2.05, 4.69) is 63.7 Å². The monoisotopic (exact) mass is 516 g/mol. The highest BCUT2D eigenvalue weighted by molar-refractivity contribution is 7.99. The van der Waals surface area contributed by atoms with Crippen LogP contribution in [0.1, 0.15) is 56.3 Å². The summed E-state index contributed by atoms with van der Waals surface area (Å²) in [4.78, 5) is 24.5. The minimum atomic E-state index is -0.524. The average Bonchev–Trinajstić information content (AvgIpc) is 3.17. The van der Waals surface area contributed by atoms with Crippen molar-refractivity contribution in [2.24, 2.45) is 5.41 Å². The maximum atomic E-state index is 12.8. The van der Waals surface area contributed by atoms with Gasteiger partial charge in [0.05, 0.1) is 18.4 Å². The standard InChI is InChI=1S/C30H36N4O2S/c1-29(2,3)36-28(35)33-27-24-12-8-7-11-23(24)19-30(27)14-16-34(17-15-30)25-20-32-26(21-31-25)37-18-13-22-9-5-4-6-10-22/h4-12,20-21,27H,13-19H2,1-3H3,(H,33,35)/t27-/m1/s1. The first-order valence-electron chi connectivity index (χ1n) is 13.1. The fraction of sp³-hybridized carbons (Fsp3) is 0.433. The lowest BCUT2D eigenvalue weighted by molar-refractivity contribution is 0.0428. The molecule has 0 saturated carbocycles. The van der Waals surface area contributed by atoms with Crippen LogP contribution in [0.3, 0.4) is 0 Å². The lowest BCUT2D eigenvalue weighted by Crippen LogP contribution is -2.47. The van der Waals surface area contributed by atoms with E-state index in [9.17, 15) is 4.79 Å². The number of nitrogens with zero attached hydrogens (tertiary/aromatic N) is 3. The number of rotatable bonds is 6. The third-order valence-electron chi connectivity index (χ3n) is 7.36. The average molecular weight is 517 g/mol. The Bertz CT molecular complexity index is 1200. The van der Waals surface area contributed by atoms with Crippen molar-refractivity contribution < 1.29 is 9.53 Å². The minimum absolute atomic E-state index is 0.0161. The Kier molecular flexibility index (Phi) is 7.43. The molecule has 1 amide bonds. The van der Waals surface area contributed by atoms with Crippen LogP contribution in [0, 0.1) is 5.41 Å². The van der Waals surface area contributed by atoms with E-state index in [1.807, 2.05) is 39.2 Å². The molecule has 2 heterocycles. The third kappa shape index (κ3) is 6.09. The Morgan fingerprint density at radius 3 is 2.49 bits per heavy atom. The number of carbonyl (C=O) groups excluding carboxylic acids is 1. The summed E-state index contributed by atoms with van der Waals surface area (Å²) < 4.78 is 5.62. The summed E-state index contributed by atoms with van der Waals surface area (Å²) in [5.74, 6) is 1.91. The maximum Gasteiger partial charge on any atom is 0.408 e. The number of aryl methyl sites for hydroxylation is 1. The molecule has 7 heteroatoms. The van der Waals surface area contributed by atoms with Crippen LogP contribution in [-0.4, -0.2) is 40.5 Å². The summed E-state index contributed by atoms with van der Waals surface area (Å²) in [5.41, 5.74) is 3.35. The van der Waals surface area contributed by atoms with Crippen molar-refractivity contribution >= 4 is 23.7 Å². The Morgan fingerprint density at radius 2 is 1.78 bits per heavy atom. The van der Waals surface area contributed by atoms with Crippen LogP contribution >= 0.6 is 11.8 Å². The third-order valence-corrected chi connectivity index (χ3v) is 8.28. The number of hydrogen-bond acceptors (Lipinski definition) is 6. The molecule has 0 bridgehead atoms. The summed E-state index contributed by atoms with van der Waals surface area (Å²) >= 11 is 1.74. The van der Waals surface area contributed by atoms with E-state index in [1.165, 1.54) is 16.7 Å². The fourth-order valence-corrected chi connectivity index (χ4v) is 6.36. The van der Waals surface area contributed by atoms with Gasteiger partial charge in [0.1, 0.15) is 16.4 Å². The molecule has 194 valence electrons. The van der Waals surface area contributed by atoms with E-state index in [1.54, 1.807) is 11.8 Å². The number of nitrogens with one attached hydrogen (secondary N) is 1. The highest BCUT2D eigenvalue weighted by Crippen LogP contribution is 2.52. The number of hydrogen-bond donors (Lipinski definition) is 1. The summed E-state index contributed by atoms with van der Waals surface area (Å²) in [7, 11) is 0. The van der Waals surface area contributed by atoms with Gasteiger partial charge in [-0.15, -0.1) is 11.8 Å². The number of amides is 1. The van der Waals surface area contributed by atoms with Gasteiger partial charge in [-0.3, -0.25) is 0 Å². The summed E-state index contributed by atoms with van der Waals surface area (Å²) in [6.07, 6.45) is 7.39. The van der Waals surface area contributed by atoms with E-state index in [0.717, 1.165) is 55.4 Å². The smallest absolute Gasteiger partial charge is 0.408 e. The quantitative estimate of drug-likeness (QED) is 0.392. The van der Waals surface area contributed by atoms with Gasteiger partial charge >= 0.3 is 6.09 Å². The molecular weight excluding hydrogens is 480 g/mol. The lowest BCUT2D eigenvalue weighted by atomic mass is 9.72. The van der Waals surface area contributed by atoms with E-state index >= 15 is 0 Å². The van der Waals surface area contributed by atoms with E-state index < -0.39 is 5.60 Å². The van der Waals surface area contributed by atoms with Crippen LogP contribution in [0.2, 0.25) is 0 Å². The molecule has 1 fully saturated rings. The van der Waals surface area contributed by atoms with Crippen LogP contribution in [0.15, 0.2) is 72.0 Å². The zero-order valence-corrected chi connectivity index (χ0v) is 22.8. The second-order valence-electron chi connectivity index (χ2n) is 11.1. The van der Waals surface area contributed by atoms with Crippen molar-refractivity contribution in [1.82, 2.24) is 15.3 Å². The van der Waals surface area contributed by atoms with Crippen LogP contribution in [0.5, 0.6) is 0 Å². The van der Waals surface area contributed by atoms with E-state index in [0.29, 0.717) is 0 Å². The number of thioether (sulfide) groups is 1. The highest BCUT2D eigenvalue weighted by Gasteiger charge is 2.48. The second-order valence-corrected chi connectivity index (χ2v) is 12.2. The number of piperidine rings is 1. The molecule has 1 spiro atoms. The van der Waals surface area contributed by atoms with Gasteiger partial charge in [-0.05, 0) is 63.1 Å². The Hall–Kier alpha value is -3.06. The fourth-order valence-electron chi connectivity index (χ4n) is 5.56. The van der Waals surface area contributed by atoms with Gasteiger partial charge in [0.2, 0.25) is 0 Å². The second kappa shape index (κ2) is 10.7. The molecule has 6 nitrogen and oxygen atoms in total. The predicted octanol–water partition coefficient (Wildman–Crippen LogP) is 6.22. The van der Waals surface area contributed by atoms with Gasteiger partial charge < -0.3 is 15.0 Å². The van der Waals surface area contributed by atoms with E-state index in [-0.39, 0.29) is 17.6 Å². The van der Waals surface area contributed by atoms with Gasteiger partial charge in [0.15, 0.2) is 0 Å². The molecule has 0 unspecified atom stereocenters. The molecule has 1 aromatic heterocycles. The minimum Gasteiger partial charge on any atom is -0.444 e. The zero-order valence-electron chi connectivity index (χ0n) is 21.9. The number of aromatic nitrogens is 2. The van der Waals surface area contributed by atoms with Crippen LogP contribution in [0.4, 0.5) is 10.6 Å². The summed E-state index contributed by atoms with van der Waals surface area (Å²) in [6.45, 7) is 7.47. The molecule has 1 atom stereocenters. The molecule has 0 radical (unpaired) electrons. The van der Waals surface area contributed by atoms with Crippen LogP contribution in [0.25, 0.3) is 0 Å². The number of ether oxygens (including phenoxy) is 1. The number of benzene rings is 2. The maximum absolute atomic E-state index is 12.8. The molecule has 2 aliphatic rings. The molecule has 5 rings (SSSR count). The van der Waals surface area contributed by atoms with Crippen molar-refractivity contribution in [3.05, 3.63) is 83.7 Å². The van der Waals surface area contributed by atoms with Gasteiger partial charge in [-0.25, -0.2) is 14.8 Å². The highest BCUT2D eigenvalue weighted by atomic mass is 32.2. The molecule has 2 aromatic carbocycles. The molecule has 1 aliphatic carbocycles. The molecular formula is C30H36N4O2S. The Morgan fingerprint density at radius 1 is 1.05 bits per heavy atom. The molecule has 3 aromatic rings. The van der Waals surface area contributed by atoms with Gasteiger partial charge in [0.25, 0.3) is 0 Å². The van der Waals surface area contributed by atoms with Crippen molar-refractivity contribution in [2.75, 3.05) is 23.7 Å². The predicted molar refractivity (Wildman–Crippen MR) is 149 cm³/mol. The van der Waals surface area contributed by atoms with Crippen molar-refractivity contribution in [2.45, 2.75) is 63.1 Å². The topological polar surface area (TPSA) is 67.3 Å². The normalized spacial score (nSPS) is 18.5. The lowest BCUT2D eigenvalue weighted by Gasteiger charge is -2.43. The van der Waals surface area contributed by atoms with Gasteiger partial charge in [0, 0.05) is 24.3 Å². The van der Waals surface area contributed by atoms with Crippen LogP contribution in [-0.2, 0) is 17.6 Å². The molecule has 1 saturated heterocycles. The van der Waals surface area contributed by atoms with E-state index in [4.69, 9.17) is 9.72 Å². The van der Waals surface area contributed by atoms with Crippen LogP contribution < -0.4 is 10.2 Å². The van der Waals surface area contributed by atoms with Crippen molar-refractivity contribution in [1.29, 1.82) is 0 Å². The van der Waals surface area contributed by atoms with Gasteiger partial charge in [-0.1, -0.05) is 54.6 Å². The SMILES string of the molecule is CC(C)(C)OC(=O)N[C@@H]1c2ccccc2CC12CCN(c1cnc(SCCc3ccccc3)cn1)CC2. The number of alkyl carbamates (subject to hydrolysis) is 1. The molecule has 1 aliphatic heterocycles. The number of carbonyl (C=O) groups is 1. The summed E-state index contributed by atoms with van der Waals surface area (Å²) in [5, 5.41) is 4.19. The first-order chi connectivity index (χ1) is 17.8. The number of anilines is 1. The zero-order chi connectivity index (χ0) is 25.9. The Labute approximate surface area is 224 Å². The van der Waals surface area contributed by atoms with Crippen molar-refractivity contribution in [3.63, 3.8) is 0 Å². The first-order valence-corrected chi connectivity index (χ1v) is 14.1. The largest absolute Gasteiger partial charge is 0.444 e. The molecule has 37 heavy (non-hydrogen) atoms.